The molecule has 7 heteroatoms. The number of nitrogens with one attached hydrogen (secondary N) is 1. The summed E-state index contributed by atoms with van der Waals surface area (Å²) in [7, 11) is 0. The number of phenolic OH excluding ortho intramolecular Hbond substituents is 1. The van der Waals surface area contributed by atoms with Crippen LogP contribution in [0, 0.1) is 0 Å². The Bertz CT molecular complexity index is 1080. The molecule has 0 aliphatic rings. The molecule has 0 atom stereocenters. The zero-order valence-electron chi connectivity index (χ0n) is 13.4. The van der Waals surface area contributed by atoms with Crippen molar-refractivity contribution in [2.45, 2.75) is 0 Å². The van der Waals surface area contributed by atoms with E-state index in [1.807, 2.05) is 24.3 Å². The van der Waals surface area contributed by atoms with Crippen LogP contribution >= 0.6 is 22.9 Å². The van der Waals surface area contributed by atoms with Crippen molar-refractivity contribution in [2.75, 3.05) is 5.43 Å². The first-order valence-corrected chi connectivity index (χ1v) is 9.03. The van der Waals surface area contributed by atoms with Gasteiger partial charge in [-0.3, -0.25) is 5.43 Å². The number of thiophene rings is 1. The smallest absolute Gasteiger partial charge is 0.159 e. The number of anilines is 1. The first kappa shape index (κ1) is 16.5. The van der Waals surface area contributed by atoms with E-state index in [9.17, 15) is 5.11 Å². The zero-order valence-corrected chi connectivity index (χ0v) is 15.0. The van der Waals surface area contributed by atoms with Gasteiger partial charge in [0.25, 0.3) is 0 Å². The number of nitrogens with zero attached hydrogens (tertiary/aromatic N) is 3. The molecule has 5 nitrogen and oxygen atoms in total. The molecular weight excluding hydrogens is 368 g/mol. The van der Waals surface area contributed by atoms with Crippen LogP contribution in [0.15, 0.2) is 65.3 Å². The second kappa shape index (κ2) is 7.11. The number of rotatable bonds is 4. The van der Waals surface area contributed by atoms with Crippen LogP contribution in [0.25, 0.3) is 21.3 Å². The van der Waals surface area contributed by atoms with Gasteiger partial charge in [-0.1, -0.05) is 23.7 Å². The summed E-state index contributed by atoms with van der Waals surface area (Å²) in [6.45, 7) is 0. The Kier molecular flexibility index (Phi) is 4.51. The van der Waals surface area contributed by atoms with E-state index in [0.29, 0.717) is 10.8 Å². The molecule has 0 bridgehead atoms. The van der Waals surface area contributed by atoms with Crippen molar-refractivity contribution in [1.82, 2.24) is 9.97 Å². The lowest BCUT2D eigenvalue weighted by Crippen LogP contribution is -1.95. The SMILES string of the molecule is Oc1ccc(/C=N/Nc2ncnc3scc(-c4ccc(Cl)cc4)c23)cc1. The third-order valence-corrected chi connectivity index (χ3v) is 4.94. The normalized spacial score (nSPS) is 11.3. The molecule has 2 N–H and O–H groups in total. The fourth-order valence-corrected chi connectivity index (χ4v) is 3.57. The van der Waals surface area contributed by atoms with Gasteiger partial charge in [0.1, 0.15) is 16.9 Å². The molecule has 4 rings (SSSR count). The second-order valence-corrected chi connectivity index (χ2v) is 6.81. The van der Waals surface area contributed by atoms with Crippen molar-refractivity contribution in [3.63, 3.8) is 0 Å². The molecule has 0 amide bonds. The van der Waals surface area contributed by atoms with E-state index >= 15 is 0 Å². The first-order valence-electron chi connectivity index (χ1n) is 7.77. The lowest BCUT2D eigenvalue weighted by molar-refractivity contribution is 0.475. The number of phenols is 1. The summed E-state index contributed by atoms with van der Waals surface area (Å²) in [6, 6.07) is 14.4. The average molecular weight is 381 g/mol. The molecule has 0 aliphatic carbocycles. The molecule has 0 aliphatic heterocycles. The molecule has 128 valence electrons. The number of aromatic hydroxyl groups is 1. The third-order valence-electron chi connectivity index (χ3n) is 3.80. The highest BCUT2D eigenvalue weighted by Crippen LogP contribution is 2.36. The van der Waals surface area contributed by atoms with Crippen molar-refractivity contribution in [2.24, 2.45) is 5.10 Å². The minimum atomic E-state index is 0.221. The van der Waals surface area contributed by atoms with Crippen molar-refractivity contribution in [3.05, 3.63) is 70.8 Å². The van der Waals surface area contributed by atoms with E-state index in [2.05, 4.69) is 25.9 Å². The number of aromatic nitrogens is 2. The van der Waals surface area contributed by atoms with E-state index < -0.39 is 0 Å². The summed E-state index contributed by atoms with van der Waals surface area (Å²) in [5.74, 6) is 0.856. The zero-order chi connectivity index (χ0) is 17.9. The van der Waals surface area contributed by atoms with Gasteiger partial charge in [-0.15, -0.1) is 11.3 Å². The van der Waals surface area contributed by atoms with Crippen molar-refractivity contribution >= 4 is 45.2 Å². The van der Waals surface area contributed by atoms with E-state index in [1.165, 1.54) is 6.33 Å². The fourth-order valence-electron chi connectivity index (χ4n) is 2.53. The highest BCUT2D eigenvalue weighted by molar-refractivity contribution is 7.17. The molecule has 0 unspecified atom stereocenters. The van der Waals surface area contributed by atoms with Crippen LogP contribution in [0.2, 0.25) is 5.02 Å². The molecule has 2 aromatic carbocycles. The Morgan fingerprint density at radius 1 is 1.04 bits per heavy atom. The van der Waals surface area contributed by atoms with E-state index in [-0.39, 0.29) is 5.75 Å². The van der Waals surface area contributed by atoms with Crippen molar-refractivity contribution in [3.8, 4) is 16.9 Å². The van der Waals surface area contributed by atoms with Crippen molar-refractivity contribution in [1.29, 1.82) is 0 Å². The number of hydrogen-bond donors (Lipinski definition) is 2. The van der Waals surface area contributed by atoms with Crippen LogP contribution in [0.4, 0.5) is 5.82 Å². The fraction of sp³-hybridized carbons (Fsp3) is 0. The monoisotopic (exact) mass is 380 g/mol. The van der Waals surface area contributed by atoms with Gasteiger partial charge >= 0.3 is 0 Å². The predicted molar refractivity (Wildman–Crippen MR) is 107 cm³/mol. The lowest BCUT2D eigenvalue weighted by atomic mass is 10.1. The highest BCUT2D eigenvalue weighted by atomic mass is 35.5. The van der Waals surface area contributed by atoms with Gasteiger partial charge in [0.15, 0.2) is 5.82 Å². The standard InChI is InChI=1S/C19H13ClN4OS/c20-14-5-3-13(4-6-14)16-10-26-19-17(16)18(21-11-22-19)24-23-9-12-1-7-15(25)8-2-12/h1-11,25H,(H,21,22,24)/b23-9+. The summed E-state index contributed by atoms with van der Waals surface area (Å²) in [6.07, 6.45) is 3.19. The number of hydrogen-bond acceptors (Lipinski definition) is 6. The van der Waals surface area contributed by atoms with Gasteiger partial charge in [0, 0.05) is 16.0 Å². The predicted octanol–water partition coefficient (Wildman–Crippen LogP) is 5.16. The summed E-state index contributed by atoms with van der Waals surface area (Å²) >= 11 is 7.54. The summed E-state index contributed by atoms with van der Waals surface area (Å²) in [5.41, 5.74) is 5.93. The van der Waals surface area contributed by atoms with Gasteiger partial charge in [0.2, 0.25) is 0 Å². The van der Waals surface area contributed by atoms with Gasteiger partial charge in [0.05, 0.1) is 11.6 Å². The molecule has 0 fully saturated rings. The Labute approximate surface area is 158 Å². The average Bonchev–Trinajstić information content (AvgIpc) is 3.09. The van der Waals surface area contributed by atoms with Crippen LogP contribution in [0.5, 0.6) is 5.75 Å². The Morgan fingerprint density at radius 2 is 1.81 bits per heavy atom. The Morgan fingerprint density at radius 3 is 2.58 bits per heavy atom. The topological polar surface area (TPSA) is 70.4 Å². The summed E-state index contributed by atoms with van der Waals surface area (Å²) < 4.78 is 0. The third kappa shape index (κ3) is 3.37. The maximum Gasteiger partial charge on any atom is 0.159 e. The van der Waals surface area contributed by atoms with Crippen LogP contribution < -0.4 is 5.43 Å². The number of benzene rings is 2. The Balaban J connectivity index is 1.67. The minimum absolute atomic E-state index is 0.221. The van der Waals surface area contributed by atoms with Crippen LogP contribution in [0.3, 0.4) is 0 Å². The Hall–Kier alpha value is -2.96. The largest absolute Gasteiger partial charge is 0.508 e. The van der Waals surface area contributed by atoms with E-state index in [4.69, 9.17) is 11.6 Å². The molecular formula is C19H13ClN4OS. The summed E-state index contributed by atoms with van der Waals surface area (Å²) in [5, 5.41) is 17.3. The number of fused-ring (bicyclic) bond motifs is 1. The van der Waals surface area contributed by atoms with Crippen LogP contribution in [-0.4, -0.2) is 21.3 Å². The highest BCUT2D eigenvalue weighted by Gasteiger charge is 2.12. The number of hydrazone groups is 1. The molecule has 0 saturated heterocycles. The second-order valence-electron chi connectivity index (χ2n) is 5.52. The molecule has 0 saturated carbocycles. The van der Waals surface area contributed by atoms with Crippen molar-refractivity contribution < 1.29 is 5.11 Å². The minimum Gasteiger partial charge on any atom is -0.508 e. The maximum absolute atomic E-state index is 9.33. The van der Waals surface area contributed by atoms with Gasteiger partial charge in [-0.2, -0.15) is 5.10 Å². The molecule has 26 heavy (non-hydrogen) atoms. The number of halogens is 1. The summed E-state index contributed by atoms with van der Waals surface area (Å²) in [4.78, 5) is 9.56. The van der Waals surface area contributed by atoms with E-state index in [1.54, 1.807) is 41.8 Å². The van der Waals surface area contributed by atoms with Crippen LogP contribution in [-0.2, 0) is 0 Å². The molecule has 2 aromatic heterocycles. The lowest BCUT2D eigenvalue weighted by Gasteiger charge is -2.05. The first-order chi connectivity index (χ1) is 12.7. The maximum atomic E-state index is 9.33. The molecule has 0 radical (unpaired) electrons. The van der Waals surface area contributed by atoms with Gasteiger partial charge < -0.3 is 5.11 Å². The molecule has 0 spiro atoms. The molecule has 2 heterocycles. The van der Waals surface area contributed by atoms with E-state index in [0.717, 1.165) is 26.9 Å². The van der Waals surface area contributed by atoms with Crippen LogP contribution in [0.1, 0.15) is 5.56 Å². The van der Waals surface area contributed by atoms with Gasteiger partial charge in [-0.25, -0.2) is 9.97 Å². The van der Waals surface area contributed by atoms with Gasteiger partial charge in [-0.05, 0) is 47.5 Å². The molecule has 4 aromatic rings. The quantitative estimate of drug-likeness (QED) is 0.379.